The Balaban J connectivity index is 2.65. The van der Waals surface area contributed by atoms with Gasteiger partial charge in [-0.2, -0.15) is 0 Å². The number of anilines is 1. The average Bonchev–Trinajstić information content (AvgIpc) is 2.15. The van der Waals surface area contributed by atoms with E-state index in [1.807, 2.05) is 24.3 Å². The van der Waals surface area contributed by atoms with Crippen molar-refractivity contribution in [1.82, 2.24) is 0 Å². The second-order valence-corrected chi connectivity index (χ2v) is 3.29. The molecule has 0 aromatic heterocycles. The van der Waals surface area contributed by atoms with Gasteiger partial charge < -0.3 is 10.8 Å². The van der Waals surface area contributed by atoms with Crippen molar-refractivity contribution >= 4 is 5.69 Å². The van der Waals surface area contributed by atoms with Crippen molar-refractivity contribution in [3.05, 3.63) is 29.8 Å². The second kappa shape index (κ2) is 4.87. The Bertz CT molecular complexity index is 260. The maximum Gasteiger partial charge on any atom is 0.0809 e. The van der Waals surface area contributed by atoms with E-state index in [4.69, 9.17) is 5.73 Å². The summed E-state index contributed by atoms with van der Waals surface area (Å²) in [5.74, 6) is 0. The first kappa shape index (κ1) is 10.1. The molecule has 1 aromatic rings. The normalized spacial score (nSPS) is 12.8. The van der Waals surface area contributed by atoms with Crippen molar-refractivity contribution in [1.29, 1.82) is 0 Å². The molecule has 2 heteroatoms. The maximum absolute atomic E-state index is 9.75. The lowest BCUT2D eigenvalue weighted by molar-refractivity contribution is 0.165. The van der Waals surface area contributed by atoms with Gasteiger partial charge in [-0.25, -0.2) is 0 Å². The average molecular weight is 179 g/mol. The lowest BCUT2D eigenvalue weighted by atomic mass is 10.0. The Kier molecular flexibility index (Phi) is 3.77. The molecule has 0 amide bonds. The third-order valence-electron chi connectivity index (χ3n) is 2.19. The number of aliphatic hydroxyl groups excluding tert-OH is 1. The van der Waals surface area contributed by atoms with Crippen LogP contribution in [0.3, 0.4) is 0 Å². The Hall–Kier alpha value is -1.02. The lowest BCUT2D eigenvalue weighted by Crippen LogP contribution is -2.01. The molecule has 1 rings (SSSR count). The van der Waals surface area contributed by atoms with Crippen LogP contribution in [0.5, 0.6) is 0 Å². The predicted molar refractivity (Wildman–Crippen MR) is 55.3 cm³/mol. The Morgan fingerprint density at radius 1 is 1.38 bits per heavy atom. The number of unbranched alkanes of at least 4 members (excludes halogenated alkanes) is 1. The molecule has 72 valence electrons. The van der Waals surface area contributed by atoms with E-state index in [-0.39, 0.29) is 0 Å². The van der Waals surface area contributed by atoms with Crippen LogP contribution in [0.15, 0.2) is 24.3 Å². The number of hydrogen-bond donors (Lipinski definition) is 2. The topological polar surface area (TPSA) is 46.2 Å². The van der Waals surface area contributed by atoms with Gasteiger partial charge in [-0.1, -0.05) is 38.0 Å². The Morgan fingerprint density at radius 2 is 2.08 bits per heavy atom. The van der Waals surface area contributed by atoms with Gasteiger partial charge in [0, 0.05) is 11.3 Å². The van der Waals surface area contributed by atoms with E-state index in [9.17, 15) is 5.11 Å². The molecule has 13 heavy (non-hydrogen) atoms. The highest BCUT2D eigenvalue weighted by Gasteiger charge is 2.08. The molecule has 0 heterocycles. The van der Waals surface area contributed by atoms with Crippen LogP contribution < -0.4 is 5.73 Å². The quantitative estimate of drug-likeness (QED) is 0.697. The summed E-state index contributed by atoms with van der Waals surface area (Å²) in [6.45, 7) is 2.11. The lowest BCUT2D eigenvalue weighted by Gasteiger charge is -2.12. The molecule has 3 N–H and O–H groups in total. The van der Waals surface area contributed by atoms with E-state index in [2.05, 4.69) is 6.92 Å². The first-order valence-corrected chi connectivity index (χ1v) is 4.78. The summed E-state index contributed by atoms with van der Waals surface area (Å²) in [7, 11) is 0. The fraction of sp³-hybridized carbons (Fsp3) is 0.455. The standard InChI is InChI=1S/C11H17NO/c1-2-3-8-11(13)9-6-4-5-7-10(9)12/h4-7,11,13H,2-3,8,12H2,1H3. The maximum atomic E-state index is 9.75. The molecule has 0 saturated carbocycles. The van der Waals surface area contributed by atoms with E-state index >= 15 is 0 Å². The fourth-order valence-electron chi connectivity index (χ4n) is 1.37. The van der Waals surface area contributed by atoms with Crippen molar-refractivity contribution in [2.45, 2.75) is 32.3 Å². The first-order chi connectivity index (χ1) is 6.25. The summed E-state index contributed by atoms with van der Waals surface area (Å²) >= 11 is 0. The molecular weight excluding hydrogens is 162 g/mol. The Labute approximate surface area is 79.4 Å². The Morgan fingerprint density at radius 3 is 2.69 bits per heavy atom. The van der Waals surface area contributed by atoms with Gasteiger partial charge in [-0.15, -0.1) is 0 Å². The zero-order valence-corrected chi connectivity index (χ0v) is 8.03. The van der Waals surface area contributed by atoms with Crippen molar-refractivity contribution < 1.29 is 5.11 Å². The van der Waals surface area contributed by atoms with Crippen LogP contribution in [0.25, 0.3) is 0 Å². The number of para-hydroxylation sites is 1. The van der Waals surface area contributed by atoms with Crippen LogP contribution in [0.1, 0.15) is 37.9 Å². The van der Waals surface area contributed by atoms with E-state index in [1.165, 1.54) is 0 Å². The summed E-state index contributed by atoms with van der Waals surface area (Å²) in [5.41, 5.74) is 7.28. The number of benzene rings is 1. The number of nitrogen functional groups attached to an aromatic ring is 1. The van der Waals surface area contributed by atoms with E-state index in [0.717, 1.165) is 24.8 Å². The highest BCUT2D eigenvalue weighted by atomic mass is 16.3. The molecule has 1 aromatic carbocycles. The molecule has 0 bridgehead atoms. The van der Waals surface area contributed by atoms with E-state index in [1.54, 1.807) is 0 Å². The first-order valence-electron chi connectivity index (χ1n) is 4.78. The summed E-state index contributed by atoms with van der Waals surface area (Å²) < 4.78 is 0. The van der Waals surface area contributed by atoms with Crippen LogP contribution in [0.4, 0.5) is 5.69 Å². The molecule has 0 aliphatic rings. The van der Waals surface area contributed by atoms with E-state index < -0.39 is 6.10 Å². The van der Waals surface area contributed by atoms with E-state index in [0.29, 0.717) is 5.69 Å². The SMILES string of the molecule is CCCCC(O)c1ccccc1N. The largest absolute Gasteiger partial charge is 0.398 e. The van der Waals surface area contributed by atoms with Gasteiger partial charge in [0.15, 0.2) is 0 Å². The molecule has 0 saturated heterocycles. The van der Waals surface area contributed by atoms with Gasteiger partial charge in [-0.05, 0) is 12.5 Å². The van der Waals surface area contributed by atoms with Crippen molar-refractivity contribution in [2.24, 2.45) is 0 Å². The molecule has 0 spiro atoms. The van der Waals surface area contributed by atoms with Gasteiger partial charge >= 0.3 is 0 Å². The highest BCUT2D eigenvalue weighted by Crippen LogP contribution is 2.23. The van der Waals surface area contributed by atoms with Gasteiger partial charge in [-0.3, -0.25) is 0 Å². The smallest absolute Gasteiger partial charge is 0.0809 e. The molecule has 1 atom stereocenters. The third kappa shape index (κ3) is 2.74. The summed E-state index contributed by atoms with van der Waals surface area (Å²) in [4.78, 5) is 0. The third-order valence-corrected chi connectivity index (χ3v) is 2.19. The molecule has 2 nitrogen and oxygen atoms in total. The summed E-state index contributed by atoms with van der Waals surface area (Å²) in [6.07, 6.45) is 2.53. The van der Waals surface area contributed by atoms with Crippen LogP contribution >= 0.6 is 0 Å². The fourth-order valence-corrected chi connectivity index (χ4v) is 1.37. The number of nitrogens with two attached hydrogens (primary N) is 1. The van der Waals surface area contributed by atoms with Gasteiger partial charge in [0.1, 0.15) is 0 Å². The van der Waals surface area contributed by atoms with Gasteiger partial charge in [0.05, 0.1) is 6.10 Å². The minimum Gasteiger partial charge on any atom is -0.398 e. The molecular formula is C11H17NO. The van der Waals surface area contributed by atoms with Gasteiger partial charge in [0.25, 0.3) is 0 Å². The van der Waals surface area contributed by atoms with Crippen molar-refractivity contribution in [2.75, 3.05) is 5.73 Å². The van der Waals surface area contributed by atoms with Crippen LogP contribution in [-0.2, 0) is 0 Å². The minimum atomic E-state index is -0.402. The van der Waals surface area contributed by atoms with Crippen LogP contribution in [0.2, 0.25) is 0 Å². The van der Waals surface area contributed by atoms with Crippen LogP contribution in [-0.4, -0.2) is 5.11 Å². The van der Waals surface area contributed by atoms with Crippen molar-refractivity contribution in [3.63, 3.8) is 0 Å². The molecule has 1 unspecified atom stereocenters. The van der Waals surface area contributed by atoms with Gasteiger partial charge in [0.2, 0.25) is 0 Å². The zero-order valence-electron chi connectivity index (χ0n) is 8.03. The number of hydrogen-bond acceptors (Lipinski definition) is 2. The van der Waals surface area contributed by atoms with Crippen molar-refractivity contribution in [3.8, 4) is 0 Å². The molecule has 0 fully saturated rings. The predicted octanol–water partition coefficient (Wildman–Crippen LogP) is 2.49. The zero-order chi connectivity index (χ0) is 9.68. The number of rotatable bonds is 4. The number of aliphatic hydroxyl groups is 1. The summed E-state index contributed by atoms with van der Waals surface area (Å²) in [5, 5.41) is 9.75. The highest BCUT2D eigenvalue weighted by molar-refractivity contribution is 5.47. The molecule has 0 aliphatic carbocycles. The second-order valence-electron chi connectivity index (χ2n) is 3.29. The monoisotopic (exact) mass is 179 g/mol. The minimum absolute atomic E-state index is 0.402. The molecule has 0 aliphatic heterocycles. The van der Waals surface area contributed by atoms with Crippen LogP contribution in [0, 0.1) is 0 Å². The molecule has 0 radical (unpaired) electrons. The summed E-state index contributed by atoms with van der Waals surface area (Å²) in [6, 6.07) is 7.49.